The molecule has 6 nitrogen and oxygen atoms in total. The van der Waals surface area contributed by atoms with Crippen molar-refractivity contribution in [3.63, 3.8) is 0 Å². The van der Waals surface area contributed by atoms with E-state index in [0.717, 1.165) is 12.8 Å². The minimum absolute atomic E-state index is 0.0564. The lowest BCUT2D eigenvalue weighted by atomic mass is 10.1. The number of benzene rings is 2. The fourth-order valence-corrected chi connectivity index (χ4v) is 3.66. The minimum Gasteiger partial charge on any atom is -0.493 e. The monoisotopic (exact) mass is 410 g/mol. The Hall–Kier alpha value is -3.02. The molecule has 1 saturated heterocycles. The van der Waals surface area contributed by atoms with Crippen molar-refractivity contribution in [2.75, 3.05) is 40.4 Å². The third kappa shape index (κ3) is 5.12. The molecule has 1 aliphatic rings. The first-order chi connectivity index (χ1) is 14.5. The van der Waals surface area contributed by atoms with Crippen LogP contribution < -0.4 is 9.47 Å². The summed E-state index contributed by atoms with van der Waals surface area (Å²) in [6.07, 6.45) is 2.26. The van der Waals surface area contributed by atoms with Gasteiger partial charge in [0.25, 0.3) is 5.91 Å². The number of aryl methyl sites for hydroxylation is 2. The largest absolute Gasteiger partial charge is 0.493 e. The quantitative estimate of drug-likeness (QED) is 0.703. The SMILES string of the molecule is CCc1ccc(CCC(=O)N2CCN(C(=O)c3ccc(OC)c(OC)c3)CC2)cc1. The first kappa shape index (κ1) is 21.7. The summed E-state index contributed by atoms with van der Waals surface area (Å²) in [6.45, 7) is 4.32. The van der Waals surface area contributed by atoms with E-state index in [0.29, 0.717) is 49.7 Å². The molecule has 2 aromatic carbocycles. The van der Waals surface area contributed by atoms with Crippen LogP contribution in [0.1, 0.15) is 34.8 Å². The molecule has 2 amide bonds. The van der Waals surface area contributed by atoms with Crippen LogP contribution in [0.2, 0.25) is 0 Å². The van der Waals surface area contributed by atoms with Crippen LogP contribution in [0.5, 0.6) is 11.5 Å². The minimum atomic E-state index is -0.0564. The molecule has 0 atom stereocenters. The summed E-state index contributed by atoms with van der Waals surface area (Å²) in [5.74, 6) is 1.21. The molecule has 1 fully saturated rings. The smallest absolute Gasteiger partial charge is 0.254 e. The van der Waals surface area contributed by atoms with E-state index >= 15 is 0 Å². The second kappa shape index (κ2) is 10.1. The molecule has 0 radical (unpaired) electrons. The lowest BCUT2D eigenvalue weighted by Crippen LogP contribution is -2.50. The van der Waals surface area contributed by atoms with Gasteiger partial charge in [0, 0.05) is 38.2 Å². The van der Waals surface area contributed by atoms with Crippen molar-refractivity contribution < 1.29 is 19.1 Å². The third-order valence-corrected chi connectivity index (χ3v) is 5.61. The van der Waals surface area contributed by atoms with Gasteiger partial charge in [0.1, 0.15) is 0 Å². The van der Waals surface area contributed by atoms with Crippen molar-refractivity contribution in [1.82, 2.24) is 9.80 Å². The number of carbonyl (C=O) groups is 2. The Balaban J connectivity index is 1.51. The highest BCUT2D eigenvalue weighted by molar-refractivity contribution is 5.95. The van der Waals surface area contributed by atoms with E-state index in [1.165, 1.54) is 11.1 Å². The van der Waals surface area contributed by atoms with Gasteiger partial charge in [0.15, 0.2) is 11.5 Å². The predicted molar refractivity (Wildman–Crippen MR) is 116 cm³/mol. The van der Waals surface area contributed by atoms with Crippen molar-refractivity contribution in [3.8, 4) is 11.5 Å². The Bertz CT molecular complexity index is 871. The van der Waals surface area contributed by atoms with Gasteiger partial charge in [0.05, 0.1) is 14.2 Å². The fourth-order valence-electron chi connectivity index (χ4n) is 3.66. The summed E-state index contributed by atoms with van der Waals surface area (Å²) in [4.78, 5) is 29.1. The molecular formula is C24H30N2O4. The summed E-state index contributed by atoms with van der Waals surface area (Å²) < 4.78 is 10.5. The lowest BCUT2D eigenvalue weighted by molar-refractivity contribution is -0.132. The van der Waals surface area contributed by atoms with Gasteiger partial charge in [-0.05, 0) is 42.2 Å². The van der Waals surface area contributed by atoms with Crippen LogP contribution in [-0.4, -0.2) is 62.0 Å². The van der Waals surface area contributed by atoms with Gasteiger partial charge in [0.2, 0.25) is 5.91 Å². The Morgan fingerprint density at radius 1 is 0.833 bits per heavy atom. The predicted octanol–water partition coefficient (Wildman–Crippen LogP) is 3.18. The molecule has 0 aromatic heterocycles. The van der Waals surface area contributed by atoms with Crippen LogP contribution in [0.15, 0.2) is 42.5 Å². The Labute approximate surface area is 178 Å². The van der Waals surface area contributed by atoms with Gasteiger partial charge in [-0.2, -0.15) is 0 Å². The van der Waals surface area contributed by atoms with Gasteiger partial charge in [-0.3, -0.25) is 9.59 Å². The van der Waals surface area contributed by atoms with E-state index < -0.39 is 0 Å². The second-order valence-corrected chi connectivity index (χ2v) is 7.41. The Kier molecular flexibility index (Phi) is 7.33. The highest BCUT2D eigenvalue weighted by Gasteiger charge is 2.25. The molecule has 2 aromatic rings. The average Bonchev–Trinajstić information content (AvgIpc) is 2.82. The number of hydrogen-bond acceptors (Lipinski definition) is 4. The summed E-state index contributed by atoms with van der Waals surface area (Å²) >= 11 is 0. The highest BCUT2D eigenvalue weighted by atomic mass is 16.5. The molecule has 0 aliphatic carbocycles. The zero-order valence-corrected chi connectivity index (χ0v) is 18.0. The molecule has 3 rings (SSSR count). The van der Waals surface area contributed by atoms with Crippen molar-refractivity contribution in [3.05, 3.63) is 59.2 Å². The first-order valence-corrected chi connectivity index (χ1v) is 10.4. The zero-order chi connectivity index (χ0) is 21.5. The third-order valence-electron chi connectivity index (χ3n) is 5.61. The van der Waals surface area contributed by atoms with Gasteiger partial charge in [-0.15, -0.1) is 0 Å². The Morgan fingerprint density at radius 3 is 2.03 bits per heavy atom. The van der Waals surface area contributed by atoms with Crippen LogP contribution in [0.4, 0.5) is 0 Å². The number of hydrogen-bond donors (Lipinski definition) is 0. The van der Waals surface area contributed by atoms with Crippen LogP contribution in [0, 0.1) is 0 Å². The van der Waals surface area contributed by atoms with Crippen molar-refractivity contribution in [2.45, 2.75) is 26.2 Å². The van der Waals surface area contributed by atoms with Crippen molar-refractivity contribution >= 4 is 11.8 Å². The summed E-state index contributed by atoms with van der Waals surface area (Å²) in [5.41, 5.74) is 3.05. The number of rotatable bonds is 7. The van der Waals surface area contributed by atoms with Gasteiger partial charge in [-0.25, -0.2) is 0 Å². The summed E-state index contributed by atoms with van der Waals surface area (Å²) in [7, 11) is 3.12. The van der Waals surface area contributed by atoms with Crippen LogP contribution in [-0.2, 0) is 17.6 Å². The normalized spacial score (nSPS) is 13.8. The number of methoxy groups -OCH3 is 2. The van der Waals surface area contributed by atoms with E-state index in [4.69, 9.17) is 9.47 Å². The number of piperazine rings is 1. The second-order valence-electron chi connectivity index (χ2n) is 7.41. The zero-order valence-electron chi connectivity index (χ0n) is 18.0. The van der Waals surface area contributed by atoms with E-state index in [2.05, 4.69) is 31.2 Å². The van der Waals surface area contributed by atoms with Crippen molar-refractivity contribution in [2.24, 2.45) is 0 Å². The molecule has 0 unspecified atom stereocenters. The number of carbonyl (C=O) groups excluding carboxylic acids is 2. The van der Waals surface area contributed by atoms with Crippen LogP contribution >= 0.6 is 0 Å². The highest BCUT2D eigenvalue weighted by Crippen LogP contribution is 2.28. The van der Waals surface area contributed by atoms with E-state index in [-0.39, 0.29) is 11.8 Å². The Morgan fingerprint density at radius 2 is 1.43 bits per heavy atom. The summed E-state index contributed by atoms with van der Waals surface area (Å²) in [5, 5.41) is 0. The van der Waals surface area contributed by atoms with E-state index in [1.54, 1.807) is 37.3 Å². The van der Waals surface area contributed by atoms with Crippen molar-refractivity contribution in [1.29, 1.82) is 0 Å². The fraction of sp³-hybridized carbons (Fsp3) is 0.417. The molecule has 0 N–H and O–H groups in total. The average molecular weight is 411 g/mol. The molecule has 6 heteroatoms. The maximum atomic E-state index is 12.8. The van der Waals surface area contributed by atoms with E-state index in [1.807, 2.05) is 4.90 Å². The standard InChI is InChI=1S/C24H30N2O4/c1-4-18-5-7-19(8-6-18)9-12-23(27)25-13-15-26(16-14-25)24(28)20-10-11-21(29-2)22(17-20)30-3/h5-8,10-11,17H,4,9,12-16H2,1-3H3. The maximum Gasteiger partial charge on any atom is 0.254 e. The summed E-state index contributed by atoms with van der Waals surface area (Å²) in [6, 6.07) is 13.6. The van der Waals surface area contributed by atoms with Gasteiger partial charge in [-0.1, -0.05) is 31.2 Å². The van der Waals surface area contributed by atoms with E-state index in [9.17, 15) is 9.59 Å². The molecular weight excluding hydrogens is 380 g/mol. The van der Waals surface area contributed by atoms with Gasteiger partial charge < -0.3 is 19.3 Å². The lowest BCUT2D eigenvalue weighted by Gasteiger charge is -2.35. The topological polar surface area (TPSA) is 59.1 Å². The molecule has 160 valence electrons. The van der Waals surface area contributed by atoms with Gasteiger partial charge >= 0.3 is 0 Å². The number of nitrogens with zero attached hydrogens (tertiary/aromatic N) is 2. The maximum absolute atomic E-state index is 12.8. The molecule has 1 aliphatic heterocycles. The number of amides is 2. The molecule has 0 saturated carbocycles. The van der Waals surface area contributed by atoms with Crippen LogP contribution in [0.25, 0.3) is 0 Å². The first-order valence-electron chi connectivity index (χ1n) is 10.4. The van der Waals surface area contributed by atoms with Crippen LogP contribution in [0.3, 0.4) is 0 Å². The molecule has 1 heterocycles. The number of ether oxygens (including phenoxy) is 2. The molecule has 0 spiro atoms. The molecule has 30 heavy (non-hydrogen) atoms. The molecule has 0 bridgehead atoms.